The highest BCUT2D eigenvalue weighted by Crippen LogP contribution is 2.32. The molecule has 2 aromatic rings. The van der Waals surface area contributed by atoms with Gasteiger partial charge in [0.2, 0.25) is 5.91 Å². The Morgan fingerprint density at radius 2 is 1.59 bits per heavy atom. The van der Waals surface area contributed by atoms with Crippen molar-refractivity contribution >= 4 is 35.2 Å². The van der Waals surface area contributed by atoms with Crippen molar-refractivity contribution in [2.24, 2.45) is 0 Å². The number of alkyl carbamates (subject to hydrolysis) is 1. The molecule has 184 valence electrons. The molecule has 0 aliphatic heterocycles. The second kappa shape index (κ2) is 10.9. The highest BCUT2D eigenvalue weighted by Gasteiger charge is 2.38. The third kappa shape index (κ3) is 7.48. The molecule has 0 bridgehead atoms. The molecule has 3 amide bonds. The third-order valence-electron chi connectivity index (χ3n) is 4.87. The van der Waals surface area contributed by atoms with Gasteiger partial charge in [0.25, 0.3) is 5.91 Å². The lowest BCUT2D eigenvalue weighted by Gasteiger charge is -2.41. The second-order valence-corrected chi connectivity index (χ2v) is 10.4. The summed E-state index contributed by atoms with van der Waals surface area (Å²) in [6.45, 7) is 12.2. The molecule has 0 saturated heterocycles. The van der Waals surface area contributed by atoms with Crippen molar-refractivity contribution in [3.05, 3.63) is 64.7 Å². The molecule has 0 aliphatic carbocycles. The monoisotopic (exact) mass is 487 g/mol. The van der Waals surface area contributed by atoms with Crippen LogP contribution in [0.4, 0.5) is 10.5 Å². The maximum absolute atomic E-state index is 13.7. The van der Waals surface area contributed by atoms with E-state index < -0.39 is 35.1 Å². The number of hydrogen-bond acceptors (Lipinski definition) is 4. The lowest BCUT2D eigenvalue weighted by atomic mass is 9.96. The molecule has 2 aromatic carbocycles. The lowest BCUT2D eigenvalue weighted by Crippen LogP contribution is -2.54. The number of aryl methyl sites for hydroxylation is 1. The van der Waals surface area contributed by atoms with Gasteiger partial charge in [0.15, 0.2) is 0 Å². The molecule has 0 fully saturated rings. The molecule has 34 heavy (non-hydrogen) atoms. The SMILES string of the molecule is Cc1cccc(Cl)c1NC(=O)C(c1ccccc1)N(C(=O)CNC(=O)OC(C)(C)C)C(C)(C)C. The summed E-state index contributed by atoms with van der Waals surface area (Å²) < 4.78 is 5.24. The van der Waals surface area contributed by atoms with Crippen molar-refractivity contribution in [2.75, 3.05) is 11.9 Å². The van der Waals surface area contributed by atoms with Crippen molar-refractivity contribution in [1.82, 2.24) is 10.2 Å². The molecule has 0 radical (unpaired) electrons. The molecule has 2 rings (SSSR count). The Morgan fingerprint density at radius 1 is 0.971 bits per heavy atom. The number of amides is 3. The smallest absolute Gasteiger partial charge is 0.408 e. The van der Waals surface area contributed by atoms with E-state index in [1.165, 1.54) is 4.90 Å². The number of anilines is 1. The minimum Gasteiger partial charge on any atom is -0.444 e. The number of benzene rings is 2. The first-order valence-electron chi connectivity index (χ1n) is 11.1. The van der Waals surface area contributed by atoms with Crippen LogP contribution >= 0.6 is 11.6 Å². The van der Waals surface area contributed by atoms with Crippen LogP contribution in [0.1, 0.15) is 58.7 Å². The number of nitrogens with one attached hydrogen (secondary N) is 2. The van der Waals surface area contributed by atoms with Gasteiger partial charge in [0.05, 0.1) is 10.7 Å². The van der Waals surface area contributed by atoms with Gasteiger partial charge < -0.3 is 20.3 Å². The normalized spacial score (nSPS) is 12.5. The Kier molecular flexibility index (Phi) is 8.72. The van der Waals surface area contributed by atoms with Gasteiger partial charge in [-0.15, -0.1) is 0 Å². The topological polar surface area (TPSA) is 87.7 Å². The maximum Gasteiger partial charge on any atom is 0.408 e. The molecule has 0 aliphatic rings. The minimum atomic E-state index is -0.968. The van der Waals surface area contributed by atoms with Crippen LogP contribution in [0.5, 0.6) is 0 Å². The first kappa shape index (κ1) is 27.2. The Balaban J connectivity index is 2.41. The highest BCUT2D eigenvalue weighted by molar-refractivity contribution is 6.34. The average molecular weight is 488 g/mol. The van der Waals surface area contributed by atoms with E-state index >= 15 is 0 Å². The lowest BCUT2D eigenvalue weighted by molar-refractivity contribution is -0.144. The Bertz CT molecular complexity index is 1010. The van der Waals surface area contributed by atoms with Crippen molar-refractivity contribution in [2.45, 2.75) is 65.6 Å². The summed E-state index contributed by atoms with van der Waals surface area (Å²) in [5.74, 6) is -0.846. The molecular formula is C26H34ClN3O4. The number of nitrogens with zero attached hydrogens (tertiary/aromatic N) is 1. The van der Waals surface area contributed by atoms with Crippen LogP contribution in [0.2, 0.25) is 5.02 Å². The van der Waals surface area contributed by atoms with Crippen LogP contribution in [0.15, 0.2) is 48.5 Å². The number of carbonyl (C=O) groups excluding carboxylic acids is 3. The summed E-state index contributed by atoms with van der Waals surface area (Å²) in [5.41, 5.74) is 0.470. The summed E-state index contributed by atoms with van der Waals surface area (Å²) in [7, 11) is 0. The molecule has 0 heterocycles. The molecule has 8 heteroatoms. The predicted octanol–water partition coefficient (Wildman–Crippen LogP) is 5.48. The van der Waals surface area contributed by atoms with Gasteiger partial charge in [-0.3, -0.25) is 9.59 Å². The van der Waals surface area contributed by atoms with Crippen molar-refractivity contribution in [3.63, 3.8) is 0 Å². The number of rotatable bonds is 6. The molecular weight excluding hydrogens is 454 g/mol. The zero-order valence-corrected chi connectivity index (χ0v) is 21.6. The molecule has 7 nitrogen and oxygen atoms in total. The fourth-order valence-corrected chi connectivity index (χ4v) is 3.76. The maximum atomic E-state index is 13.7. The van der Waals surface area contributed by atoms with E-state index in [4.69, 9.17) is 16.3 Å². The van der Waals surface area contributed by atoms with Crippen LogP contribution in [0, 0.1) is 6.92 Å². The summed E-state index contributed by atoms with van der Waals surface area (Å²) in [4.78, 5) is 40.7. The van der Waals surface area contributed by atoms with Crippen molar-refractivity contribution in [3.8, 4) is 0 Å². The number of para-hydroxylation sites is 1. The highest BCUT2D eigenvalue weighted by atomic mass is 35.5. The molecule has 1 unspecified atom stereocenters. The average Bonchev–Trinajstić information content (AvgIpc) is 2.71. The van der Waals surface area contributed by atoms with Gasteiger partial charge >= 0.3 is 6.09 Å². The Hall–Kier alpha value is -3.06. The zero-order valence-electron chi connectivity index (χ0n) is 20.9. The summed E-state index contributed by atoms with van der Waals surface area (Å²) >= 11 is 6.34. The third-order valence-corrected chi connectivity index (χ3v) is 5.18. The van der Waals surface area contributed by atoms with Crippen LogP contribution < -0.4 is 10.6 Å². The number of carbonyl (C=O) groups is 3. The van der Waals surface area contributed by atoms with Crippen LogP contribution in [-0.4, -0.2) is 40.5 Å². The van der Waals surface area contributed by atoms with E-state index in [0.29, 0.717) is 16.3 Å². The van der Waals surface area contributed by atoms with E-state index in [9.17, 15) is 14.4 Å². The number of halogens is 1. The first-order chi connectivity index (χ1) is 15.7. The molecule has 0 spiro atoms. The van der Waals surface area contributed by atoms with Crippen LogP contribution in [0.25, 0.3) is 0 Å². The number of ether oxygens (including phenoxy) is 1. The quantitative estimate of drug-likeness (QED) is 0.564. The Morgan fingerprint density at radius 3 is 2.12 bits per heavy atom. The van der Waals surface area contributed by atoms with Gasteiger partial charge in [-0.25, -0.2) is 4.79 Å². The summed E-state index contributed by atoms with van der Waals surface area (Å²) in [6, 6.07) is 13.4. The van der Waals surface area contributed by atoms with E-state index in [-0.39, 0.29) is 6.54 Å². The predicted molar refractivity (Wildman–Crippen MR) is 135 cm³/mol. The van der Waals surface area contributed by atoms with E-state index in [1.807, 2.05) is 39.8 Å². The molecule has 2 N–H and O–H groups in total. The second-order valence-electron chi connectivity index (χ2n) is 10.0. The fourth-order valence-electron chi connectivity index (χ4n) is 3.49. The van der Waals surface area contributed by atoms with E-state index in [0.717, 1.165) is 5.56 Å². The van der Waals surface area contributed by atoms with Gasteiger partial charge in [0.1, 0.15) is 18.2 Å². The van der Waals surface area contributed by atoms with Gasteiger partial charge in [-0.2, -0.15) is 0 Å². The van der Waals surface area contributed by atoms with E-state index in [2.05, 4.69) is 10.6 Å². The zero-order chi connectivity index (χ0) is 25.7. The molecule has 0 saturated carbocycles. The van der Waals surface area contributed by atoms with Crippen molar-refractivity contribution in [1.29, 1.82) is 0 Å². The van der Waals surface area contributed by atoms with Gasteiger partial charge in [-0.05, 0) is 65.7 Å². The summed E-state index contributed by atoms with van der Waals surface area (Å²) in [5, 5.41) is 5.81. The largest absolute Gasteiger partial charge is 0.444 e. The molecule has 0 aromatic heterocycles. The summed E-state index contributed by atoms with van der Waals surface area (Å²) in [6.07, 6.45) is -0.706. The first-order valence-corrected chi connectivity index (χ1v) is 11.5. The van der Waals surface area contributed by atoms with Gasteiger partial charge in [-0.1, -0.05) is 54.1 Å². The standard InChI is InChI=1S/C26H34ClN3O4/c1-17-12-11-15-19(27)21(17)29-23(32)22(18-13-9-8-10-14-18)30(25(2,3)4)20(31)16-28-24(33)34-26(5,6)7/h8-15,22H,16H2,1-7H3,(H,28,33)(H,29,32). The van der Waals surface area contributed by atoms with Crippen molar-refractivity contribution < 1.29 is 19.1 Å². The van der Waals surface area contributed by atoms with Crippen LogP contribution in [0.3, 0.4) is 0 Å². The Labute approximate surface area is 206 Å². The fraction of sp³-hybridized carbons (Fsp3) is 0.423. The van der Waals surface area contributed by atoms with Crippen LogP contribution in [-0.2, 0) is 14.3 Å². The number of hydrogen-bond donors (Lipinski definition) is 2. The molecule has 1 atom stereocenters. The van der Waals surface area contributed by atoms with Gasteiger partial charge in [0, 0.05) is 5.54 Å². The minimum absolute atomic E-state index is 0.325. The van der Waals surface area contributed by atoms with E-state index in [1.54, 1.807) is 57.2 Å².